The van der Waals surface area contributed by atoms with Crippen molar-refractivity contribution in [2.24, 2.45) is 5.92 Å². The van der Waals surface area contributed by atoms with Crippen LogP contribution in [0.2, 0.25) is 0 Å². The molecule has 2 aromatic heterocycles. The van der Waals surface area contributed by atoms with E-state index in [1.54, 1.807) is 13.0 Å². The molecule has 0 aliphatic carbocycles. The third kappa shape index (κ3) is 5.20. The molecule has 1 aliphatic rings. The first kappa shape index (κ1) is 21.9. The zero-order valence-electron chi connectivity index (χ0n) is 19.2. The Morgan fingerprint density at radius 1 is 1.09 bits per heavy atom. The molecule has 1 fully saturated rings. The van der Waals surface area contributed by atoms with E-state index in [4.69, 9.17) is 14.2 Å². The van der Waals surface area contributed by atoms with E-state index in [-0.39, 0.29) is 12.5 Å². The van der Waals surface area contributed by atoms with Crippen LogP contribution in [0.15, 0.2) is 71.3 Å². The predicted octanol–water partition coefficient (Wildman–Crippen LogP) is 5.01. The summed E-state index contributed by atoms with van der Waals surface area (Å²) in [5.74, 6) is 2.94. The van der Waals surface area contributed by atoms with Crippen molar-refractivity contribution in [2.45, 2.75) is 26.2 Å². The average Bonchev–Trinajstić information content (AvgIpc) is 3.27. The maximum Gasteiger partial charge on any atom is 0.263 e. The number of rotatable bonds is 7. The molecule has 0 unspecified atom stereocenters. The molecule has 3 heterocycles. The minimum atomic E-state index is -0.304. The summed E-state index contributed by atoms with van der Waals surface area (Å²) < 4.78 is 10.8. The van der Waals surface area contributed by atoms with Crippen LogP contribution in [0.4, 0.5) is 11.6 Å². The van der Waals surface area contributed by atoms with Gasteiger partial charge in [-0.15, -0.1) is 0 Å². The number of amides is 1. The van der Waals surface area contributed by atoms with Crippen molar-refractivity contribution < 1.29 is 14.1 Å². The molecule has 7 heteroatoms. The van der Waals surface area contributed by atoms with Crippen LogP contribution < -0.4 is 15.0 Å². The number of fused-ring (bicyclic) bond motifs is 1. The number of carbonyl (C=O) groups excluding carboxylic acids is 1. The molecule has 7 nitrogen and oxygen atoms in total. The van der Waals surface area contributed by atoms with Gasteiger partial charge in [0.05, 0.1) is 0 Å². The SMILES string of the molecule is Cc1cc(NC(=O)COc2cccc3ccc(N4CCC(Cc5ccccc5)CC4)nc23)no1. The summed E-state index contributed by atoms with van der Waals surface area (Å²) in [6.07, 6.45) is 3.43. The van der Waals surface area contributed by atoms with Crippen molar-refractivity contribution in [3.05, 3.63) is 78.1 Å². The van der Waals surface area contributed by atoms with Gasteiger partial charge in [-0.3, -0.25) is 4.79 Å². The van der Waals surface area contributed by atoms with E-state index in [1.807, 2.05) is 18.2 Å². The maximum atomic E-state index is 12.3. The molecule has 2 aromatic carbocycles. The number of piperidine rings is 1. The molecule has 0 bridgehead atoms. The molecule has 5 rings (SSSR count). The van der Waals surface area contributed by atoms with Gasteiger partial charge in [0.2, 0.25) is 0 Å². The Hall–Kier alpha value is -3.87. The number of para-hydroxylation sites is 1. The van der Waals surface area contributed by atoms with Crippen molar-refractivity contribution in [3.8, 4) is 5.75 Å². The second-order valence-corrected chi connectivity index (χ2v) is 8.78. The molecule has 4 aromatic rings. The van der Waals surface area contributed by atoms with E-state index in [9.17, 15) is 4.79 Å². The molecule has 174 valence electrons. The van der Waals surface area contributed by atoms with E-state index < -0.39 is 0 Å². The molecule has 1 amide bonds. The van der Waals surface area contributed by atoms with Crippen molar-refractivity contribution >= 4 is 28.4 Å². The molecule has 0 atom stereocenters. The highest BCUT2D eigenvalue weighted by Crippen LogP contribution is 2.29. The van der Waals surface area contributed by atoms with Crippen LogP contribution in [0.5, 0.6) is 5.75 Å². The number of aryl methyl sites for hydroxylation is 1. The van der Waals surface area contributed by atoms with E-state index in [0.717, 1.165) is 49.1 Å². The number of ether oxygens (including phenoxy) is 1. The Kier molecular flexibility index (Phi) is 6.42. The number of nitrogens with one attached hydrogen (secondary N) is 1. The van der Waals surface area contributed by atoms with E-state index in [2.05, 4.69) is 57.8 Å². The second-order valence-electron chi connectivity index (χ2n) is 8.78. The van der Waals surface area contributed by atoms with Gasteiger partial charge in [0.15, 0.2) is 12.4 Å². The Balaban J connectivity index is 1.23. The third-order valence-electron chi connectivity index (χ3n) is 6.23. The minimum Gasteiger partial charge on any atom is -0.481 e. The third-order valence-corrected chi connectivity index (χ3v) is 6.23. The first-order valence-electron chi connectivity index (χ1n) is 11.7. The first-order valence-corrected chi connectivity index (χ1v) is 11.7. The van der Waals surface area contributed by atoms with Crippen LogP contribution in [0.3, 0.4) is 0 Å². The molecule has 0 spiro atoms. The van der Waals surface area contributed by atoms with Crippen LogP contribution in [0.25, 0.3) is 10.9 Å². The number of carbonyl (C=O) groups is 1. The number of hydrogen-bond acceptors (Lipinski definition) is 6. The molecule has 1 saturated heterocycles. The fourth-order valence-corrected chi connectivity index (χ4v) is 4.46. The van der Waals surface area contributed by atoms with Crippen LogP contribution in [-0.2, 0) is 11.2 Å². The fraction of sp³-hybridized carbons (Fsp3) is 0.296. The molecule has 0 saturated carbocycles. The largest absolute Gasteiger partial charge is 0.481 e. The molecule has 1 N–H and O–H groups in total. The van der Waals surface area contributed by atoms with Gasteiger partial charge >= 0.3 is 0 Å². The highest BCUT2D eigenvalue weighted by atomic mass is 16.5. The van der Waals surface area contributed by atoms with Crippen molar-refractivity contribution in [2.75, 3.05) is 29.9 Å². The molecule has 34 heavy (non-hydrogen) atoms. The Morgan fingerprint density at radius 3 is 2.68 bits per heavy atom. The van der Waals surface area contributed by atoms with Gasteiger partial charge in [-0.25, -0.2) is 4.98 Å². The van der Waals surface area contributed by atoms with Gasteiger partial charge < -0.3 is 19.5 Å². The summed E-state index contributed by atoms with van der Waals surface area (Å²) in [6.45, 7) is 3.60. The van der Waals surface area contributed by atoms with Gasteiger partial charge in [-0.05, 0) is 55.9 Å². The fourth-order valence-electron chi connectivity index (χ4n) is 4.46. The quantitative estimate of drug-likeness (QED) is 0.421. The zero-order chi connectivity index (χ0) is 23.3. The van der Waals surface area contributed by atoms with Crippen LogP contribution in [0.1, 0.15) is 24.2 Å². The van der Waals surface area contributed by atoms with Gasteiger partial charge in [-0.2, -0.15) is 0 Å². The van der Waals surface area contributed by atoms with Gasteiger partial charge in [0.25, 0.3) is 5.91 Å². The van der Waals surface area contributed by atoms with E-state index in [0.29, 0.717) is 23.2 Å². The molecule has 1 aliphatic heterocycles. The number of anilines is 2. The highest BCUT2D eigenvalue weighted by molar-refractivity contribution is 5.91. The lowest BCUT2D eigenvalue weighted by Crippen LogP contribution is -2.34. The Morgan fingerprint density at radius 2 is 1.91 bits per heavy atom. The van der Waals surface area contributed by atoms with Crippen LogP contribution in [0, 0.1) is 12.8 Å². The van der Waals surface area contributed by atoms with Gasteiger partial charge in [0.1, 0.15) is 22.8 Å². The second kappa shape index (κ2) is 9.95. The topological polar surface area (TPSA) is 80.5 Å². The summed E-state index contributed by atoms with van der Waals surface area (Å²) in [7, 11) is 0. The Bertz CT molecular complexity index is 1260. The maximum absolute atomic E-state index is 12.3. The Labute approximate surface area is 198 Å². The number of benzene rings is 2. The highest BCUT2D eigenvalue weighted by Gasteiger charge is 2.21. The monoisotopic (exact) mass is 456 g/mol. The predicted molar refractivity (Wildman–Crippen MR) is 132 cm³/mol. The number of aromatic nitrogens is 2. The lowest BCUT2D eigenvalue weighted by molar-refractivity contribution is -0.118. The summed E-state index contributed by atoms with van der Waals surface area (Å²) >= 11 is 0. The zero-order valence-corrected chi connectivity index (χ0v) is 19.2. The van der Waals surface area contributed by atoms with Crippen molar-refractivity contribution in [1.82, 2.24) is 10.1 Å². The standard InChI is InChI=1S/C27H28N4O3/c1-19-16-24(30-34-19)28-26(32)18-33-23-9-5-8-22-10-11-25(29-27(22)23)31-14-12-21(13-15-31)17-20-6-3-2-4-7-20/h2-11,16,21H,12-15,17-18H2,1H3,(H,28,30,32). The minimum absolute atomic E-state index is 0.137. The molecular weight excluding hydrogens is 428 g/mol. The van der Waals surface area contributed by atoms with Crippen molar-refractivity contribution in [1.29, 1.82) is 0 Å². The van der Waals surface area contributed by atoms with E-state index >= 15 is 0 Å². The van der Waals surface area contributed by atoms with Crippen LogP contribution in [-0.4, -0.2) is 35.7 Å². The van der Waals surface area contributed by atoms with Gasteiger partial charge in [0, 0.05) is 24.5 Å². The van der Waals surface area contributed by atoms with Gasteiger partial charge in [-0.1, -0.05) is 47.6 Å². The number of nitrogens with zero attached hydrogens (tertiary/aromatic N) is 3. The molecular formula is C27H28N4O3. The van der Waals surface area contributed by atoms with Crippen LogP contribution >= 0.6 is 0 Å². The molecule has 0 radical (unpaired) electrons. The smallest absolute Gasteiger partial charge is 0.263 e. The average molecular weight is 457 g/mol. The van der Waals surface area contributed by atoms with E-state index in [1.165, 1.54) is 5.56 Å². The van der Waals surface area contributed by atoms with Crippen molar-refractivity contribution in [3.63, 3.8) is 0 Å². The number of pyridine rings is 1. The summed E-state index contributed by atoms with van der Waals surface area (Å²) in [5, 5.41) is 7.42. The summed E-state index contributed by atoms with van der Waals surface area (Å²) in [5.41, 5.74) is 2.17. The lowest BCUT2D eigenvalue weighted by Gasteiger charge is -2.33. The lowest BCUT2D eigenvalue weighted by atomic mass is 9.90. The number of hydrogen-bond donors (Lipinski definition) is 1. The first-order chi connectivity index (χ1) is 16.6. The summed E-state index contributed by atoms with van der Waals surface area (Å²) in [6, 6.07) is 22.3. The summed E-state index contributed by atoms with van der Waals surface area (Å²) in [4.78, 5) is 19.5. The normalized spacial score (nSPS) is 14.3.